The van der Waals surface area contributed by atoms with Crippen molar-refractivity contribution >= 4 is 5.91 Å². The molecule has 0 spiro atoms. The maximum absolute atomic E-state index is 12.6. The molecule has 136 valence electrons. The van der Waals surface area contributed by atoms with Crippen LogP contribution < -0.4 is 5.32 Å². The molecular formula is C19H23N5O2. The summed E-state index contributed by atoms with van der Waals surface area (Å²) in [7, 11) is 1.67. The number of hydrogen-bond acceptors (Lipinski definition) is 5. The second kappa shape index (κ2) is 8.61. The van der Waals surface area contributed by atoms with Gasteiger partial charge in [0.2, 0.25) is 5.91 Å². The number of nitrogens with one attached hydrogen (secondary N) is 1. The SMILES string of the molecule is COCCn1cc(CNC2CCN(Cc3ccc(C#N)cc3)C2=O)cn1. The minimum absolute atomic E-state index is 0.126. The number of amides is 1. The van der Waals surface area contributed by atoms with E-state index >= 15 is 0 Å². The molecule has 26 heavy (non-hydrogen) atoms. The topological polar surface area (TPSA) is 83.2 Å². The Balaban J connectivity index is 1.49. The number of benzene rings is 1. The van der Waals surface area contributed by atoms with Gasteiger partial charge in [0, 0.05) is 38.5 Å². The standard InChI is InChI=1S/C19H23N5O2/c1-26-9-8-24-14-17(12-22-24)11-21-18-6-7-23(19(18)25)13-16-4-2-15(10-20)3-5-16/h2-5,12,14,18,21H,6-9,11,13H2,1H3. The molecular weight excluding hydrogens is 330 g/mol. The van der Waals surface area contributed by atoms with E-state index in [1.54, 1.807) is 19.2 Å². The van der Waals surface area contributed by atoms with Gasteiger partial charge in [0.1, 0.15) is 0 Å². The number of rotatable bonds is 8. The third-order valence-electron chi connectivity index (χ3n) is 4.52. The van der Waals surface area contributed by atoms with E-state index in [1.165, 1.54) is 0 Å². The zero-order chi connectivity index (χ0) is 18.4. The number of nitrogens with zero attached hydrogens (tertiary/aromatic N) is 4. The molecule has 1 aliphatic rings. The molecule has 7 heteroatoms. The number of hydrogen-bond donors (Lipinski definition) is 1. The molecule has 2 heterocycles. The minimum atomic E-state index is -0.157. The fourth-order valence-electron chi connectivity index (χ4n) is 3.04. The Labute approximate surface area is 153 Å². The van der Waals surface area contributed by atoms with E-state index in [4.69, 9.17) is 10.00 Å². The Bertz CT molecular complexity index is 778. The van der Waals surface area contributed by atoms with E-state index in [1.807, 2.05) is 34.1 Å². The van der Waals surface area contributed by atoms with E-state index < -0.39 is 0 Å². The first-order valence-electron chi connectivity index (χ1n) is 8.71. The third kappa shape index (κ3) is 4.48. The van der Waals surface area contributed by atoms with Gasteiger partial charge in [-0.05, 0) is 24.1 Å². The predicted molar refractivity (Wildman–Crippen MR) is 95.9 cm³/mol. The van der Waals surface area contributed by atoms with Gasteiger partial charge in [0.25, 0.3) is 0 Å². The second-order valence-electron chi connectivity index (χ2n) is 6.40. The van der Waals surface area contributed by atoms with Gasteiger partial charge in [-0.3, -0.25) is 9.48 Å². The Morgan fingerprint density at radius 1 is 1.35 bits per heavy atom. The molecule has 2 aromatic rings. The number of aromatic nitrogens is 2. The second-order valence-corrected chi connectivity index (χ2v) is 6.40. The summed E-state index contributed by atoms with van der Waals surface area (Å²) in [6.07, 6.45) is 4.59. The lowest BCUT2D eigenvalue weighted by molar-refractivity contribution is -0.129. The van der Waals surface area contributed by atoms with E-state index in [9.17, 15) is 4.79 Å². The highest BCUT2D eigenvalue weighted by Gasteiger charge is 2.31. The van der Waals surface area contributed by atoms with Gasteiger partial charge < -0.3 is 15.0 Å². The van der Waals surface area contributed by atoms with Crippen LogP contribution in [0.2, 0.25) is 0 Å². The highest BCUT2D eigenvalue weighted by atomic mass is 16.5. The lowest BCUT2D eigenvalue weighted by Crippen LogP contribution is -2.37. The van der Waals surface area contributed by atoms with Gasteiger partial charge in [0.15, 0.2) is 0 Å². The first-order chi connectivity index (χ1) is 12.7. The van der Waals surface area contributed by atoms with Crippen molar-refractivity contribution in [2.45, 2.75) is 32.1 Å². The lowest BCUT2D eigenvalue weighted by Gasteiger charge is -2.17. The molecule has 1 aromatic carbocycles. The summed E-state index contributed by atoms with van der Waals surface area (Å²) in [5.74, 6) is 0.126. The summed E-state index contributed by atoms with van der Waals surface area (Å²) < 4.78 is 6.88. The molecule has 1 unspecified atom stereocenters. The normalized spacial score (nSPS) is 16.8. The molecule has 1 saturated heterocycles. The summed E-state index contributed by atoms with van der Waals surface area (Å²) in [6.45, 7) is 3.28. The van der Waals surface area contributed by atoms with Crippen molar-refractivity contribution in [1.29, 1.82) is 5.26 Å². The molecule has 1 aliphatic heterocycles. The summed E-state index contributed by atoms with van der Waals surface area (Å²) >= 11 is 0. The van der Waals surface area contributed by atoms with Crippen molar-refractivity contribution in [3.63, 3.8) is 0 Å². The summed E-state index contributed by atoms with van der Waals surface area (Å²) in [5, 5.41) is 16.5. The molecule has 0 aliphatic carbocycles. The van der Waals surface area contributed by atoms with Crippen LogP contribution >= 0.6 is 0 Å². The predicted octanol–water partition coefficient (Wildman–Crippen LogP) is 1.29. The number of likely N-dealkylation sites (tertiary alicyclic amines) is 1. The van der Waals surface area contributed by atoms with Crippen molar-refractivity contribution in [3.05, 3.63) is 53.3 Å². The van der Waals surface area contributed by atoms with Crippen molar-refractivity contribution in [2.24, 2.45) is 0 Å². The zero-order valence-electron chi connectivity index (χ0n) is 14.9. The van der Waals surface area contributed by atoms with Gasteiger partial charge in [0.05, 0.1) is 37.0 Å². The number of carbonyl (C=O) groups is 1. The van der Waals surface area contributed by atoms with Gasteiger partial charge in [-0.1, -0.05) is 12.1 Å². The maximum atomic E-state index is 12.6. The van der Waals surface area contributed by atoms with Crippen LogP contribution in [0.15, 0.2) is 36.7 Å². The molecule has 1 aromatic heterocycles. The van der Waals surface area contributed by atoms with E-state index in [0.29, 0.717) is 25.3 Å². The number of carbonyl (C=O) groups excluding carboxylic acids is 1. The van der Waals surface area contributed by atoms with Crippen molar-refractivity contribution < 1.29 is 9.53 Å². The minimum Gasteiger partial charge on any atom is -0.383 e. The van der Waals surface area contributed by atoms with Gasteiger partial charge >= 0.3 is 0 Å². The van der Waals surface area contributed by atoms with E-state index in [2.05, 4.69) is 16.5 Å². The lowest BCUT2D eigenvalue weighted by atomic mass is 10.1. The fraction of sp³-hybridized carbons (Fsp3) is 0.421. The number of nitriles is 1. The van der Waals surface area contributed by atoms with Crippen LogP contribution in [0.5, 0.6) is 0 Å². The molecule has 0 bridgehead atoms. The van der Waals surface area contributed by atoms with Crippen LogP contribution in [0.3, 0.4) is 0 Å². The average Bonchev–Trinajstić information content (AvgIpc) is 3.26. The Morgan fingerprint density at radius 2 is 2.15 bits per heavy atom. The van der Waals surface area contributed by atoms with Crippen LogP contribution in [-0.4, -0.2) is 46.9 Å². The van der Waals surface area contributed by atoms with Crippen molar-refractivity contribution in [2.75, 3.05) is 20.3 Å². The smallest absolute Gasteiger partial charge is 0.240 e. The highest BCUT2D eigenvalue weighted by Crippen LogP contribution is 2.16. The zero-order valence-corrected chi connectivity index (χ0v) is 14.9. The van der Waals surface area contributed by atoms with Crippen molar-refractivity contribution in [3.8, 4) is 6.07 Å². The largest absolute Gasteiger partial charge is 0.383 e. The van der Waals surface area contributed by atoms with Crippen molar-refractivity contribution in [1.82, 2.24) is 20.0 Å². The molecule has 1 fully saturated rings. The van der Waals surface area contributed by atoms with Gasteiger partial charge in [-0.25, -0.2) is 0 Å². The molecule has 0 radical (unpaired) electrons. The van der Waals surface area contributed by atoms with Crippen LogP contribution in [0.1, 0.15) is 23.1 Å². The monoisotopic (exact) mass is 353 g/mol. The Kier molecular flexibility index (Phi) is 6.00. The van der Waals surface area contributed by atoms with Gasteiger partial charge in [-0.15, -0.1) is 0 Å². The molecule has 1 amide bonds. The number of methoxy groups -OCH3 is 1. The Hall–Kier alpha value is -2.69. The molecule has 1 N–H and O–H groups in total. The third-order valence-corrected chi connectivity index (χ3v) is 4.52. The quantitative estimate of drug-likeness (QED) is 0.773. The maximum Gasteiger partial charge on any atom is 0.240 e. The van der Waals surface area contributed by atoms with Crippen LogP contribution in [0.4, 0.5) is 0 Å². The molecule has 0 saturated carbocycles. The molecule has 3 rings (SSSR count). The van der Waals surface area contributed by atoms with Crippen LogP contribution in [-0.2, 0) is 29.2 Å². The molecule has 7 nitrogen and oxygen atoms in total. The Morgan fingerprint density at radius 3 is 2.88 bits per heavy atom. The van der Waals surface area contributed by atoms with E-state index in [-0.39, 0.29) is 11.9 Å². The summed E-state index contributed by atoms with van der Waals surface area (Å²) in [6, 6.07) is 9.32. The molecule has 1 atom stereocenters. The first-order valence-corrected chi connectivity index (χ1v) is 8.71. The number of ether oxygens (including phenoxy) is 1. The fourth-order valence-corrected chi connectivity index (χ4v) is 3.04. The highest BCUT2D eigenvalue weighted by molar-refractivity contribution is 5.83. The van der Waals surface area contributed by atoms with Crippen LogP contribution in [0, 0.1) is 11.3 Å². The van der Waals surface area contributed by atoms with Crippen LogP contribution in [0.25, 0.3) is 0 Å². The summed E-state index contributed by atoms with van der Waals surface area (Å²) in [4.78, 5) is 14.4. The van der Waals surface area contributed by atoms with E-state index in [0.717, 1.165) is 30.6 Å². The summed E-state index contributed by atoms with van der Waals surface area (Å²) in [5.41, 5.74) is 2.73. The average molecular weight is 353 g/mol. The first kappa shape index (κ1) is 18.1. The van der Waals surface area contributed by atoms with Gasteiger partial charge in [-0.2, -0.15) is 10.4 Å².